The van der Waals surface area contributed by atoms with Gasteiger partial charge in [-0.3, -0.25) is 4.68 Å². The van der Waals surface area contributed by atoms with Gasteiger partial charge >= 0.3 is 0 Å². The maximum absolute atomic E-state index is 5.41. The summed E-state index contributed by atoms with van der Waals surface area (Å²) in [7, 11) is 1.93. The molecule has 1 heterocycles. The average Bonchev–Trinajstić information content (AvgIpc) is 2.48. The molecular formula is C10H17N3. The Balaban J connectivity index is 2.49. The number of aromatic nitrogens is 2. The third kappa shape index (κ3) is 3.42. The summed E-state index contributed by atoms with van der Waals surface area (Å²) in [5.41, 5.74) is 8.03. The van der Waals surface area contributed by atoms with Crippen molar-refractivity contribution in [3.05, 3.63) is 29.6 Å². The van der Waals surface area contributed by atoms with Gasteiger partial charge in [0.15, 0.2) is 0 Å². The van der Waals surface area contributed by atoms with E-state index < -0.39 is 0 Å². The number of hydrogen-bond acceptors (Lipinski definition) is 2. The maximum Gasteiger partial charge on any atom is 0.0524 e. The van der Waals surface area contributed by atoms with Gasteiger partial charge in [0, 0.05) is 13.2 Å². The van der Waals surface area contributed by atoms with Crippen LogP contribution >= 0.6 is 0 Å². The minimum absolute atomic E-state index is 0.727. The third-order valence-electron chi connectivity index (χ3n) is 1.90. The Labute approximate surface area is 79.2 Å². The molecule has 0 aliphatic carbocycles. The minimum Gasteiger partial charge on any atom is -0.330 e. The number of hydrogen-bond donors (Lipinski definition) is 1. The molecule has 1 aromatic heterocycles. The zero-order valence-corrected chi connectivity index (χ0v) is 8.33. The maximum atomic E-state index is 5.41. The number of aryl methyl sites for hydroxylation is 1. The van der Waals surface area contributed by atoms with E-state index in [1.807, 2.05) is 24.1 Å². The van der Waals surface area contributed by atoms with Crippen molar-refractivity contribution in [3.63, 3.8) is 0 Å². The van der Waals surface area contributed by atoms with Crippen LogP contribution in [0.2, 0.25) is 0 Å². The first kappa shape index (κ1) is 9.99. The highest BCUT2D eigenvalue weighted by Crippen LogP contribution is 2.06. The molecule has 0 spiro atoms. The van der Waals surface area contributed by atoms with Crippen LogP contribution in [0, 0.1) is 0 Å². The second kappa shape index (κ2) is 4.82. The molecule has 1 rings (SSSR count). The zero-order chi connectivity index (χ0) is 9.68. The summed E-state index contributed by atoms with van der Waals surface area (Å²) in [6.07, 6.45) is 8.08. The van der Waals surface area contributed by atoms with E-state index in [9.17, 15) is 0 Å². The van der Waals surface area contributed by atoms with E-state index in [2.05, 4.69) is 18.1 Å². The monoisotopic (exact) mass is 179 g/mol. The first-order valence-electron chi connectivity index (χ1n) is 4.55. The predicted octanol–water partition coefficient (Wildman–Crippen LogP) is 1.26. The molecule has 72 valence electrons. The van der Waals surface area contributed by atoms with Crippen LogP contribution in [-0.2, 0) is 13.5 Å². The quantitative estimate of drug-likeness (QED) is 0.707. The van der Waals surface area contributed by atoms with Gasteiger partial charge in [0.05, 0.1) is 6.20 Å². The summed E-state index contributed by atoms with van der Waals surface area (Å²) >= 11 is 0. The van der Waals surface area contributed by atoms with Gasteiger partial charge in [0.1, 0.15) is 0 Å². The SMILES string of the molecule is CC(=CCCN)Cc1cnn(C)c1. The van der Waals surface area contributed by atoms with E-state index in [0.717, 1.165) is 19.4 Å². The van der Waals surface area contributed by atoms with E-state index in [4.69, 9.17) is 5.73 Å². The summed E-state index contributed by atoms with van der Waals surface area (Å²) in [6.45, 7) is 2.85. The van der Waals surface area contributed by atoms with Crippen LogP contribution in [0.1, 0.15) is 18.9 Å². The van der Waals surface area contributed by atoms with Crippen LogP contribution in [0.25, 0.3) is 0 Å². The van der Waals surface area contributed by atoms with E-state index in [1.54, 1.807) is 0 Å². The molecule has 0 aromatic carbocycles. The van der Waals surface area contributed by atoms with Crippen molar-refractivity contribution in [2.45, 2.75) is 19.8 Å². The van der Waals surface area contributed by atoms with Gasteiger partial charge in [-0.1, -0.05) is 11.6 Å². The lowest BCUT2D eigenvalue weighted by Crippen LogP contribution is -1.96. The summed E-state index contributed by atoms with van der Waals surface area (Å²) in [6, 6.07) is 0. The van der Waals surface area contributed by atoms with Gasteiger partial charge in [-0.25, -0.2) is 0 Å². The fraction of sp³-hybridized carbons (Fsp3) is 0.500. The number of nitrogens with two attached hydrogens (primary N) is 1. The molecule has 1 aromatic rings. The normalized spacial score (nSPS) is 12.1. The Bertz CT molecular complexity index is 286. The predicted molar refractivity (Wildman–Crippen MR) is 54.3 cm³/mol. The van der Waals surface area contributed by atoms with Crippen molar-refractivity contribution in [3.8, 4) is 0 Å². The van der Waals surface area contributed by atoms with Crippen LogP contribution in [0.15, 0.2) is 24.0 Å². The minimum atomic E-state index is 0.727. The topological polar surface area (TPSA) is 43.8 Å². The zero-order valence-electron chi connectivity index (χ0n) is 8.33. The van der Waals surface area contributed by atoms with E-state index >= 15 is 0 Å². The molecule has 3 nitrogen and oxygen atoms in total. The van der Waals surface area contributed by atoms with Crippen molar-refractivity contribution in [2.75, 3.05) is 6.54 Å². The molecule has 0 saturated heterocycles. The molecule has 3 heteroatoms. The highest BCUT2D eigenvalue weighted by molar-refractivity contribution is 5.14. The lowest BCUT2D eigenvalue weighted by atomic mass is 10.1. The molecule has 2 N–H and O–H groups in total. The Kier molecular flexibility index (Phi) is 3.71. The summed E-state index contributed by atoms with van der Waals surface area (Å²) in [4.78, 5) is 0. The molecule has 0 aliphatic heterocycles. The second-order valence-electron chi connectivity index (χ2n) is 3.33. The number of nitrogens with zero attached hydrogens (tertiary/aromatic N) is 2. The molecule has 0 unspecified atom stereocenters. The van der Waals surface area contributed by atoms with Crippen molar-refractivity contribution in [1.82, 2.24) is 9.78 Å². The molecule has 13 heavy (non-hydrogen) atoms. The fourth-order valence-electron chi connectivity index (χ4n) is 1.29. The number of allylic oxidation sites excluding steroid dienone is 1. The van der Waals surface area contributed by atoms with E-state index in [-0.39, 0.29) is 0 Å². The smallest absolute Gasteiger partial charge is 0.0524 e. The van der Waals surface area contributed by atoms with Crippen LogP contribution < -0.4 is 5.73 Å². The Hall–Kier alpha value is -1.09. The van der Waals surface area contributed by atoms with Crippen LogP contribution in [0.5, 0.6) is 0 Å². The highest BCUT2D eigenvalue weighted by Gasteiger charge is 1.96. The molecule has 0 aliphatic rings. The van der Waals surface area contributed by atoms with E-state index in [1.165, 1.54) is 11.1 Å². The molecule has 0 amide bonds. The van der Waals surface area contributed by atoms with Crippen LogP contribution in [0.3, 0.4) is 0 Å². The average molecular weight is 179 g/mol. The molecule has 0 saturated carbocycles. The van der Waals surface area contributed by atoms with Gasteiger partial charge < -0.3 is 5.73 Å². The van der Waals surface area contributed by atoms with Gasteiger partial charge in [0.25, 0.3) is 0 Å². The molecule has 0 bridgehead atoms. The lowest BCUT2D eigenvalue weighted by Gasteiger charge is -1.97. The van der Waals surface area contributed by atoms with Crippen LogP contribution in [0.4, 0.5) is 0 Å². The highest BCUT2D eigenvalue weighted by atomic mass is 15.2. The lowest BCUT2D eigenvalue weighted by molar-refractivity contribution is 0.767. The summed E-state index contributed by atoms with van der Waals surface area (Å²) < 4.78 is 1.82. The Morgan fingerprint density at radius 2 is 2.46 bits per heavy atom. The van der Waals surface area contributed by atoms with Crippen molar-refractivity contribution >= 4 is 0 Å². The van der Waals surface area contributed by atoms with Gasteiger partial charge in [-0.2, -0.15) is 5.10 Å². The van der Waals surface area contributed by atoms with Gasteiger partial charge in [-0.15, -0.1) is 0 Å². The first-order chi connectivity index (χ1) is 6.22. The third-order valence-corrected chi connectivity index (χ3v) is 1.90. The molecule has 0 fully saturated rings. The van der Waals surface area contributed by atoms with Gasteiger partial charge in [0.2, 0.25) is 0 Å². The van der Waals surface area contributed by atoms with Crippen molar-refractivity contribution in [2.24, 2.45) is 12.8 Å². The summed E-state index contributed by atoms with van der Waals surface area (Å²) in [5, 5.41) is 4.11. The Morgan fingerprint density at radius 3 is 3.00 bits per heavy atom. The summed E-state index contributed by atoms with van der Waals surface area (Å²) in [5.74, 6) is 0. The van der Waals surface area contributed by atoms with Crippen molar-refractivity contribution < 1.29 is 0 Å². The van der Waals surface area contributed by atoms with Crippen LogP contribution in [-0.4, -0.2) is 16.3 Å². The molecular weight excluding hydrogens is 162 g/mol. The molecule has 0 atom stereocenters. The first-order valence-corrected chi connectivity index (χ1v) is 4.55. The number of rotatable bonds is 4. The second-order valence-corrected chi connectivity index (χ2v) is 3.33. The largest absolute Gasteiger partial charge is 0.330 e. The van der Waals surface area contributed by atoms with Gasteiger partial charge in [-0.05, 0) is 31.9 Å². The standard InChI is InChI=1S/C10H17N3/c1-9(4-3-5-11)6-10-7-12-13(2)8-10/h4,7-8H,3,5-6,11H2,1-2H3. The Morgan fingerprint density at radius 1 is 1.69 bits per heavy atom. The van der Waals surface area contributed by atoms with E-state index in [0.29, 0.717) is 0 Å². The fourth-order valence-corrected chi connectivity index (χ4v) is 1.29. The van der Waals surface area contributed by atoms with Crippen molar-refractivity contribution in [1.29, 1.82) is 0 Å². The molecule has 0 radical (unpaired) electrons.